The molecule has 0 fully saturated rings. The number of aryl methyl sites for hydroxylation is 1. The van der Waals surface area contributed by atoms with Gasteiger partial charge in [0.2, 0.25) is 0 Å². The number of aromatic amines is 1. The molecule has 7 nitrogen and oxygen atoms in total. The van der Waals surface area contributed by atoms with E-state index in [2.05, 4.69) is 10.3 Å². The van der Waals surface area contributed by atoms with Crippen LogP contribution in [0.4, 0.5) is 0 Å². The maximum atomic E-state index is 12.0. The van der Waals surface area contributed by atoms with Gasteiger partial charge in [-0.05, 0) is 24.0 Å². The zero-order valence-electron chi connectivity index (χ0n) is 15.9. The maximum Gasteiger partial charge on any atom is 0.328 e. The molecular weight excluding hydrogens is 348 g/mol. The van der Waals surface area contributed by atoms with Crippen molar-refractivity contribution in [3.8, 4) is 0 Å². The molecule has 1 aromatic heterocycles. The third kappa shape index (κ3) is 5.57. The molecule has 0 aliphatic carbocycles. The van der Waals surface area contributed by atoms with Crippen LogP contribution in [-0.4, -0.2) is 42.6 Å². The quantitative estimate of drug-likeness (QED) is 0.657. The van der Waals surface area contributed by atoms with Gasteiger partial charge in [-0.1, -0.05) is 38.5 Å². The molecule has 146 valence electrons. The summed E-state index contributed by atoms with van der Waals surface area (Å²) in [4.78, 5) is 38.9. The van der Waals surface area contributed by atoms with Gasteiger partial charge in [0.15, 0.2) is 6.61 Å². The lowest BCUT2D eigenvalue weighted by Gasteiger charge is -2.21. The highest BCUT2D eigenvalue weighted by molar-refractivity contribution is 5.87. The molecule has 2 rings (SSSR count). The van der Waals surface area contributed by atoms with Gasteiger partial charge in [-0.15, -0.1) is 0 Å². The van der Waals surface area contributed by atoms with Crippen molar-refractivity contribution < 1.29 is 23.9 Å². The van der Waals surface area contributed by atoms with Crippen molar-refractivity contribution in [1.29, 1.82) is 0 Å². The number of H-pyrrole nitrogens is 1. The molecule has 0 saturated heterocycles. The Morgan fingerprint density at radius 3 is 2.67 bits per heavy atom. The van der Waals surface area contributed by atoms with Crippen LogP contribution in [0.2, 0.25) is 0 Å². The summed E-state index contributed by atoms with van der Waals surface area (Å²) in [7, 11) is 1.27. The Balaban J connectivity index is 1.80. The van der Waals surface area contributed by atoms with E-state index in [0.29, 0.717) is 12.8 Å². The number of carbonyl (C=O) groups excluding carboxylic acids is 3. The number of hydrogen-bond donors (Lipinski definition) is 2. The first-order valence-electron chi connectivity index (χ1n) is 9.04. The monoisotopic (exact) mass is 374 g/mol. The Bertz CT molecular complexity index is 799. The minimum absolute atomic E-state index is 0.0843. The van der Waals surface area contributed by atoms with Gasteiger partial charge < -0.3 is 19.8 Å². The molecule has 0 spiro atoms. The summed E-state index contributed by atoms with van der Waals surface area (Å²) in [6.45, 7) is 3.34. The largest absolute Gasteiger partial charge is 0.467 e. The van der Waals surface area contributed by atoms with Gasteiger partial charge in [0.25, 0.3) is 5.91 Å². The van der Waals surface area contributed by atoms with Crippen LogP contribution in [0.25, 0.3) is 10.9 Å². The number of benzene rings is 1. The minimum Gasteiger partial charge on any atom is -0.467 e. The molecule has 1 aromatic carbocycles. The van der Waals surface area contributed by atoms with Crippen LogP contribution in [0.3, 0.4) is 0 Å². The van der Waals surface area contributed by atoms with E-state index in [4.69, 9.17) is 9.47 Å². The van der Waals surface area contributed by atoms with Crippen LogP contribution in [0, 0.1) is 5.92 Å². The van der Waals surface area contributed by atoms with E-state index in [-0.39, 0.29) is 12.3 Å². The van der Waals surface area contributed by atoms with Gasteiger partial charge in [0.1, 0.15) is 6.04 Å². The van der Waals surface area contributed by atoms with Crippen LogP contribution < -0.4 is 5.32 Å². The Hall–Kier alpha value is -2.83. The molecule has 0 radical (unpaired) electrons. The average Bonchev–Trinajstić information content (AvgIpc) is 3.10. The van der Waals surface area contributed by atoms with Crippen LogP contribution in [-0.2, 0) is 30.3 Å². The Kier molecular flexibility index (Phi) is 7.40. The fourth-order valence-electron chi connectivity index (χ4n) is 2.80. The number of amides is 1. The third-order valence-electron chi connectivity index (χ3n) is 4.62. The zero-order valence-corrected chi connectivity index (χ0v) is 15.9. The van der Waals surface area contributed by atoms with Gasteiger partial charge in [0, 0.05) is 23.5 Å². The molecule has 0 saturated carbocycles. The van der Waals surface area contributed by atoms with Crippen LogP contribution >= 0.6 is 0 Å². The van der Waals surface area contributed by atoms with Crippen molar-refractivity contribution in [2.45, 2.75) is 39.2 Å². The number of ether oxygens (including phenoxy) is 2. The lowest BCUT2D eigenvalue weighted by atomic mass is 9.99. The Labute approximate surface area is 158 Å². The predicted octanol–water partition coefficient (Wildman–Crippen LogP) is 2.35. The van der Waals surface area contributed by atoms with E-state index < -0.39 is 30.5 Å². The number of fused-ring (bicyclic) bond motifs is 1. The van der Waals surface area contributed by atoms with Gasteiger partial charge >= 0.3 is 11.9 Å². The Morgan fingerprint density at radius 1 is 1.22 bits per heavy atom. The van der Waals surface area contributed by atoms with Crippen molar-refractivity contribution in [2.75, 3.05) is 13.7 Å². The highest BCUT2D eigenvalue weighted by atomic mass is 16.5. The second-order valence-corrected chi connectivity index (χ2v) is 6.47. The molecule has 0 unspecified atom stereocenters. The number of rotatable bonds is 9. The summed E-state index contributed by atoms with van der Waals surface area (Å²) in [5.41, 5.74) is 2.04. The number of para-hydroxylation sites is 1. The second-order valence-electron chi connectivity index (χ2n) is 6.47. The van der Waals surface area contributed by atoms with E-state index in [9.17, 15) is 14.4 Å². The molecule has 27 heavy (non-hydrogen) atoms. The van der Waals surface area contributed by atoms with Crippen molar-refractivity contribution in [2.24, 2.45) is 5.92 Å². The summed E-state index contributed by atoms with van der Waals surface area (Å²) >= 11 is 0. The number of aromatic nitrogens is 1. The third-order valence-corrected chi connectivity index (χ3v) is 4.62. The van der Waals surface area contributed by atoms with E-state index in [1.54, 1.807) is 0 Å². The molecule has 0 bridgehead atoms. The molecule has 2 atom stereocenters. The van der Waals surface area contributed by atoms with Crippen LogP contribution in [0.1, 0.15) is 32.3 Å². The van der Waals surface area contributed by atoms with Gasteiger partial charge in [-0.3, -0.25) is 9.59 Å². The molecule has 0 aliphatic rings. The molecule has 0 aliphatic heterocycles. The zero-order chi connectivity index (χ0) is 19.8. The number of esters is 2. The summed E-state index contributed by atoms with van der Waals surface area (Å²) in [6.07, 6.45) is 3.26. The topological polar surface area (TPSA) is 97.5 Å². The van der Waals surface area contributed by atoms with E-state index in [1.807, 2.05) is 44.3 Å². The summed E-state index contributed by atoms with van der Waals surface area (Å²) in [5.74, 6) is -1.58. The van der Waals surface area contributed by atoms with Crippen molar-refractivity contribution >= 4 is 28.7 Å². The van der Waals surface area contributed by atoms with Crippen molar-refractivity contribution in [3.63, 3.8) is 0 Å². The molecule has 7 heteroatoms. The molecule has 2 N–H and O–H groups in total. The number of nitrogens with one attached hydrogen (secondary N) is 2. The van der Waals surface area contributed by atoms with Crippen LogP contribution in [0.5, 0.6) is 0 Å². The summed E-state index contributed by atoms with van der Waals surface area (Å²) in [5, 5.41) is 3.64. The van der Waals surface area contributed by atoms with E-state index >= 15 is 0 Å². The van der Waals surface area contributed by atoms with Gasteiger partial charge in [-0.25, -0.2) is 4.79 Å². The first kappa shape index (κ1) is 20.5. The number of carbonyl (C=O) groups is 3. The maximum absolute atomic E-state index is 12.0. The normalized spacial score (nSPS) is 13.0. The van der Waals surface area contributed by atoms with Gasteiger partial charge in [-0.2, -0.15) is 0 Å². The van der Waals surface area contributed by atoms with Crippen molar-refractivity contribution in [1.82, 2.24) is 10.3 Å². The average molecular weight is 374 g/mol. The highest BCUT2D eigenvalue weighted by Gasteiger charge is 2.26. The Morgan fingerprint density at radius 2 is 1.96 bits per heavy atom. The standard InChI is InChI=1S/C20H26N2O5/c1-4-13(2)19(20(25)26-3)22-17(23)12-27-18(24)10-9-14-11-21-16-8-6-5-7-15(14)16/h5-8,11,13,19,21H,4,9-10,12H2,1-3H3,(H,22,23)/t13-,19-/m1/s1. The number of methoxy groups -OCH3 is 1. The summed E-state index contributed by atoms with van der Waals surface area (Å²) < 4.78 is 9.74. The van der Waals surface area contributed by atoms with E-state index in [0.717, 1.165) is 16.5 Å². The summed E-state index contributed by atoms with van der Waals surface area (Å²) in [6, 6.07) is 7.09. The van der Waals surface area contributed by atoms with Gasteiger partial charge in [0.05, 0.1) is 7.11 Å². The molecule has 2 aromatic rings. The van der Waals surface area contributed by atoms with Crippen molar-refractivity contribution in [3.05, 3.63) is 36.0 Å². The van der Waals surface area contributed by atoms with E-state index in [1.165, 1.54) is 7.11 Å². The first-order chi connectivity index (χ1) is 13.0. The minimum atomic E-state index is -0.752. The smallest absolute Gasteiger partial charge is 0.328 e. The number of hydrogen-bond acceptors (Lipinski definition) is 5. The highest BCUT2D eigenvalue weighted by Crippen LogP contribution is 2.19. The van der Waals surface area contributed by atoms with Crippen LogP contribution in [0.15, 0.2) is 30.5 Å². The molecule has 1 amide bonds. The fraction of sp³-hybridized carbons (Fsp3) is 0.450. The first-order valence-corrected chi connectivity index (χ1v) is 9.04. The lowest BCUT2D eigenvalue weighted by molar-refractivity contribution is -0.151. The molecule has 1 heterocycles. The SMILES string of the molecule is CC[C@@H](C)[C@@H](NC(=O)COC(=O)CCc1c[nH]c2ccccc12)C(=O)OC. The second kappa shape index (κ2) is 9.75. The molecular formula is C20H26N2O5. The lowest BCUT2D eigenvalue weighted by Crippen LogP contribution is -2.47. The predicted molar refractivity (Wildman–Crippen MR) is 101 cm³/mol. The fourth-order valence-corrected chi connectivity index (χ4v) is 2.80.